The molecule has 2 heterocycles. The summed E-state index contributed by atoms with van der Waals surface area (Å²) in [4.78, 5) is 14.2. The summed E-state index contributed by atoms with van der Waals surface area (Å²) in [5.41, 5.74) is 0. The Labute approximate surface area is 121 Å². The molecule has 0 radical (unpaired) electrons. The van der Waals surface area contributed by atoms with Crippen LogP contribution in [-0.2, 0) is 9.53 Å². The first kappa shape index (κ1) is 15.7. The molecule has 2 aliphatic heterocycles. The average Bonchev–Trinajstić information content (AvgIpc) is 2.52. The van der Waals surface area contributed by atoms with Crippen LogP contribution in [0.15, 0.2) is 0 Å². The van der Waals surface area contributed by atoms with Gasteiger partial charge in [-0.3, -0.25) is 4.79 Å². The first-order chi connectivity index (χ1) is 9.79. The van der Waals surface area contributed by atoms with Gasteiger partial charge in [0.05, 0.1) is 19.3 Å². The van der Waals surface area contributed by atoms with Crippen molar-refractivity contribution in [3.8, 4) is 0 Å². The van der Waals surface area contributed by atoms with Gasteiger partial charge in [0.1, 0.15) is 0 Å². The molecule has 0 saturated carbocycles. The predicted molar refractivity (Wildman–Crippen MR) is 77.5 cm³/mol. The molecule has 116 valence electrons. The molecule has 5 heteroatoms. The fraction of sp³-hybridized carbons (Fsp3) is 0.933. The third-order valence-electron chi connectivity index (χ3n) is 4.36. The molecule has 2 saturated heterocycles. The number of piperidine rings is 2. The van der Waals surface area contributed by atoms with Crippen LogP contribution < -0.4 is 5.32 Å². The molecule has 1 unspecified atom stereocenters. The number of carbonyl (C=O) groups excluding carboxylic acids is 1. The Morgan fingerprint density at radius 3 is 2.70 bits per heavy atom. The molecular weight excluding hydrogens is 256 g/mol. The zero-order valence-electron chi connectivity index (χ0n) is 12.4. The lowest BCUT2D eigenvalue weighted by molar-refractivity contribution is -0.134. The van der Waals surface area contributed by atoms with E-state index >= 15 is 0 Å². The largest absolute Gasteiger partial charge is 0.394 e. The van der Waals surface area contributed by atoms with Gasteiger partial charge in [-0.25, -0.2) is 0 Å². The summed E-state index contributed by atoms with van der Waals surface area (Å²) in [6.07, 6.45) is 7.42. The van der Waals surface area contributed by atoms with E-state index in [0.29, 0.717) is 19.1 Å². The van der Waals surface area contributed by atoms with Crippen molar-refractivity contribution >= 4 is 5.91 Å². The normalized spacial score (nSPS) is 24.9. The van der Waals surface area contributed by atoms with Crippen molar-refractivity contribution in [1.82, 2.24) is 10.2 Å². The van der Waals surface area contributed by atoms with Crippen LogP contribution in [0.2, 0.25) is 0 Å². The van der Waals surface area contributed by atoms with Crippen LogP contribution in [0.1, 0.15) is 44.9 Å². The second-order valence-corrected chi connectivity index (χ2v) is 5.86. The average molecular weight is 284 g/mol. The maximum absolute atomic E-state index is 12.2. The van der Waals surface area contributed by atoms with Gasteiger partial charge >= 0.3 is 0 Å². The summed E-state index contributed by atoms with van der Waals surface area (Å²) in [7, 11) is 0. The summed E-state index contributed by atoms with van der Waals surface area (Å²) >= 11 is 0. The molecule has 0 bridgehead atoms. The summed E-state index contributed by atoms with van der Waals surface area (Å²) in [6, 6.07) is 0.540. The number of hydrogen-bond donors (Lipinski definition) is 2. The zero-order chi connectivity index (χ0) is 14.2. The Balaban J connectivity index is 1.61. The van der Waals surface area contributed by atoms with Crippen molar-refractivity contribution in [3.63, 3.8) is 0 Å². The molecule has 1 atom stereocenters. The molecule has 2 rings (SSSR count). The van der Waals surface area contributed by atoms with Crippen LogP contribution in [0.5, 0.6) is 0 Å². The highest BCUT2D eigenvalue weighted by Crippen LogP contribution is 2.17. The highest BCUT2D eigenvalue weighted by molar-refractivity contribution is 5.76. The molecule has 20 heavy (non-hydrogen) atoms. The number of aliphatic hydroxyl groups excluding tert-OH is 1. The minimum absolute atomic E-state index is 0.0769. The molecule has 2 fully saturated rings. The van der Waals surface area contributed by atoms with E-state index in [-0.39, 0.29) is 18.6 Å². The molecule has 0 aliphatic carbocycles. The first-order valence-electron chi connectivity index (χ1n) is 8.03. The minimum Gasteiger partial charge on any atom is -0.394 e. The third kappa shape index (κ3) is 5.04. The Kier molecular flexibility index (Phi) is 6.76. The fourth-order valence-corrected chi connectivity index (χ4v) is 3.12. The SMILES string of the molecule is O=C(CCC1CCCCN1)N1CCC(OCCO)CC1. The van der Waals surface area contributed by atoms with E-state index in [0.717, 1.165) is 38.9 Å². The Bertz CT molecular complexity index is 285. The number of nitrogens with one attached hydrogen (secondary N) is 1. The third-order valence-corrected chi connectivity index (χ3v) is 4.36. The van der Waals surface area contributed by atoms with Crippen molar-refractivity contribution in [2.24, 2.45) is 0 Å². The number of hydrogen-bond acceptors (Lipinski definition) is 4. The number of aliphatic hydroxyl groups is 1. The summed E-state index contributed by atoms with van der Waals surface area (Å²) in [6.45, 7) is 3.19. The minimum atomic E-state index is 0.0769. The standard InChI is InChI=1S/C15H28N2O3/c18-11-12-20-14-6-9-17(10-7-14)15(19)5-4-13-3-1-2-8-16-13/h13-14,16,18H,1-12H2. The highest BCUT2D eigenvalue weighted by atomic mass is 16.5. The first-order valence-corrected chi connectivity index (χ1v) is 8.03. The second-order valence-electron chi connectivity index (χ2n) is 5.86. The Hall–Kier alpha value is -0.650. The maximum atomic E-state index is 12.2. The topological polar surface area (TPSA) is 61.8 Å². The Morgan fingerprint density at radius 2 is 2.05 bits per heavy atom. The van der Waals surface area contributed by atoms with Gasteiger partial charge in [0.2, 0.25) is 5.91 Å². The second kappa shape index (κ2) is 8.60. The van der Waals surface area contributed by atoms with Crippen LogP contribution in [-0.4, -0.2) is 60.9 Å². The number of carbonyl (C=O) groups is 1. The van der Waals surface area contributed by atoms with Crippen LogP contribution in [0.4, 0.5) is 0 Å². The summed E-state index contributed by atoms with van der Waals surface area (Å²) in [5, 5.41) is 12.2. The molecule has 0 aromatic rings. The number of rotatable bonds is 6. The lowest BCUT2D eigenvalue weighted by Gasteiger charge is -2.32. The van der Waals surface area contributed by atoms with Gasteiger partial charge in [0, 0.05) is 25.6 Å². The molecular formula is C15H28N2O3. The lowest BCUT2D eigenvalue weighted by atomic mass is 10.00. The maximum Gasteiger partial charge on any atom is 0.222 e. The molecule has 2 N–H and O–H groups in total. The summed E-state index contributed by atoms with van der Waals surface area (Å²) in [5.74, 6) is 0.290. The van der Waals surface area contributed by atoms with Crippen molar-refractivity contribution in [2.75, 3.05) is 32.8 Å². The molecule has 0 aromatic carbocycles. The van der Waals surface area contributed by atoms with Crippen molar-refractivity contribution in [2.45, 2.75) is 57.1 Å². The van der Waals surface area contributed by atoms with Gasteiger partial charge in [-0.15, -0.1) is 0 Å². The van der Waals surface area contributed by atoms with Gasteiger partial charge < -0.3 is 20.1 Å². The Morgan fingerprint density at radius 1 is 1.25 bits per heavy atom. The van der Waals surface area contributed by atoms with Gasteiger partial charge in [0.25, 0.3) is 0 Å². The van der Waals surface area contributed by atoms with Crippen LogP contribution in [0.25, 0.3) is 0 Å². The summed E-state index contributed by atoms with van der Waals surface area (Å²) < 4.78 is 5.52. The van der Waals surface area contributed by atoms with Crippen LogP contribution in [0, 0.1) is 0 Å². The van der Waals surface area contributed by atoms with E-state index in [1.165, 1.54) is 19.3 Å². The molecule has 5 nitrogen and oxygen atoms in total. The number of likely N-dealkylation sites (tertiary alicyclic amines) is 1. The fourth-order valence-electron chi connectivity index (χ4n) is 3.12. The number of ether oxygens (including phenoxy) is 1. The highest BCUT2D eigenvalue weighted by Gasteiger charge is 2.23. The van der Waals surface area contributed by atoms with E-state index in [1.54, 1.807) is 0 Å². The van der Waals surface area contributed by atoms with Gasteiger partial charge in [-0.2, -0.15) is 0 Å². The molecule has 0 aromatic heterocycles. The smallest absolute Gasteiger partial charge is 0.222 e. The van der Waals surface area contributed by atoms with Gasteiger partial charge in [-0.05, 0) is 38.6 Å². The predicted octanol–water partition coefficient (Wildman–Crippen LogP) is 0.909. The van der Waals surface area contributed by atoms with E-state index in [1.807, 2.05) is 4.90 Å². The lowest BCUT2D eigenvalue weighted by Crippen LogP contribution is -2.42. The van der Waals surface area contributed by atoms with Gasteiger partial charge in [-0.1, -0.05) is 6.42 Å². The van der Waals surface area contributed by atoms with Crippen molar-refractivity contribution in [1.29, 1.82) is 0 Å². The van der Waals surface area contributed by atoms with Crippen LogP contribution >= 0.6 is 0 Å². The quantitative estimate of drug-likeness (QED) is 0.761. The number of amides is 1. The van der Waals surface area contributed by atoms with Crippen molar-refractivity contribution in [3.05, 3.63) is 0 Å². The molecule has 0 spiro atoms. The monoisotopic (exact) mass is 284 g/mol. The van der Waals surface area contributed by atoms with E-state index in [2.05, 4.69) is 5.32 Å². The van der Waals surface area contributed by atoms with E-state index in [9.17, 15) is 4.79 Å². The van der Waals surface area contributed by atoms with E-state index in [4.69, 9.17) is 9.84 Å². The number of nitrogens with zero attached hydrogens (tertiary/aromatic N) is 1. The van der Waals surface area contributed by atoms with Gasteiger partial charge in [0.15, 0.2) is 0 Å². The molecule has 2 aliphatic rings. The van der Waals surface area contributed by atoms with Crippen LogP contribution in [0.3, 0.4) is 0 Å². The molecule has 1 amide bonds. The van der Waals surface area contributed by atoms with E-state index < -0.39 is 0 Å². The zero-order valence-corrected chi connectivity index (χ0v) is 12.4. The van der Waals surface area contributed by atoms with Crippen molar-refractivity contribution < 1.29 is 14.6 Å².